The van der Waals surface area contributed by atoms with E-state index < -0.39 is 0 Å². The van der Waals surface area contributed by atoms with Crippen molar-refractivity contribution in [2.45, 2.75) is 18.9 Å². The van der Waals surface area contributed by atoms with E-state index in [2.05, 4.69) is 4.98 Å². The van der Waals surface area contributed by atoms with E-state index in [-0.39, 0.29) is 0 Å². The SMILES string of the molecule is Nc1ccc(OC2CC2)c(Cl)n1. The Bertz CT molecular complexity index is 299. The molecule has 0 spiro atoms. The summed E-state index contributed by atoms with van der Waals surface area (Å²) in [6.45, 7) is 0. The van der Waals surface area contributed by atoms with Crippen LogP contribution in [0.25, 0.3) is 0 Å². The number of hydrogen-bond donors (Lipinski definition) is 1. The maximum absolute atomic E-state index is 5.79. The standard InChI is InChI=1S/C8H9ClN2O/c9-8-6(12-5-1-2-5)3-4-7(10)11-8/h3-5H,1-2H2,(H2,10,11). The van der Waals surface area contributed by atoms with Crippen molar-refractivity contribution in [3.8, 4) is 5.75 Å². The van der Waals surface area contributed by atoms with Crippen LogP contribution in [0.15, 0.2) is 12.1 Å². The number of ether oxygens (including phenoxy) is 1. The Morgan fingerprint density at radius 3 is 2.83 bits per heavy atom. The van der Waals surface area contributed by atoms with Crippen molar-refractivity contribution >= 4 is 17.4 Å². The van der Waals surface area contributed by atoms with Crippen molar-refractivity contribution in [1.29, 1.82) is 0 Å². The average molecular weight is 185 g/mol. The number of anilines is 1. The van der Waals surface area contributed by atoms with Crippen molar-refractivity contribution in [3.05, 3.63) is 17.3 Å². The third-order valence-electron chi connectivity index (χ3n) is 1.65. The van der Waals surface area contributed by atoms with Crippen LogP contribution in [-0.4, -0.2) is 11.1 Å². The maximum Gasteiger partial charge on any atom is 0.173 e. The van der Waals surface area contributed by atoms with Crippen LogP contribution < -0.4 is 10.5 Å². The molecule has 0 amide bonds. The Morgan fingerprint density at radius 1 is 1.50 bits per heavy atom. The van der Waals surface area contributed by atoms with Crippen molar-refractivity contribution in [2.24, 2.45) is 0 Å². The highest BCUT2D eigenvalue weighted by Crippen LogP contribution is 2.30. The normalized spacial score (nSPS) is 16.1. The molecule has 1 saturated carbocycles. The Morgan fingerprint density at radius 2 is 2.25 bits per heavy atom. The Hall–Kier alpha value is -0.960. The monoisotopic (exact) mass is 184 g/mol. The Labute approximate surface area is 75.5 Å². The Balaban J connectivity index is 2.18. The molecule has 0 saturated heterocycles. The molecule has 64 valence electrons. The summed E-state index contributed by atoms with van der Waals surface area (Å²) in [5, 5.41) is 0.349. The van der Waals surface area contributed by atoms with Crippen LogP contribution in [0.5, 0.6) is 5.75 Å². The minimum absolute atomic E-state index is 0.341. The third kappa shape index (κ3) is 1.61. The van der Waals surface area contributed by atoms with Gasteiger partial charge in [0.15, 0.2) is 10.9 Å². The highest BCUT2D eigenvalue weighted by Gasteiger charge is 2.24. The van der Waals surface area contributed by atoms with E-state index in [0.717, 1.165) is 12.8 Å². The molecular formula is C8H9ClN2O. The number of aromatic nitrogens is 1. The molecule has 2 N–H and O–H groups in total. The van der Waals surface area contributed by atoms with Crippen LogP contribution in [0, 0.1) is 0 Å². The second-order valence-corrected chi connectivity index (χ2v) is 3.20. The number of rotatable bonds is 2. The molecule has 2 rings (SSSR count). The molecule has 12 heavy (non-hydrogen) atoms. The lowest BCUT2D eigenvalue weighted by atomic mass is 10.4. The second kappa shape index (κ2) is 2.83. The first-order valence-corrected chi connectivity index (χ1v) is 4.22. The van der Waals surface area contributed by atoms with Crippen molar-refractivity contribution < 1.29 is 4.74 Å². The second-order valence-electron chi connectivity index (χ2n) is 2.84. The predicted octanol–water partition coefficient (Wildman–Crippen LogP) is 1.86. The van der Waals surface area contributed by atoms with E-state index in [1.807, 2.05) is 0 Å². The largest absolute Gasteiger partial charge is 0.487 e. The van der Waals surface area contributed by atoms with Gasteiger partial charge < -0.3 is 10.5 Å². The summed E-state index contributed by atoms with van der Waals surface area (Å²) in [6, 6.07) is 3.44. The minimum Gasteiger partial charge on any atom is -0.487 e. The molecule has 1 aromatic heterocycles. The molecule has 1 aromatic rings. The van der Waals surface area contributed by atoms with Gasteiger partial charge >= 0.3 is 0 Å². The highest BCUT2D eigenvalue weighted by molar-refractivity contribution is 6.30. The number of nitrogens with zero attached hydrogens (tertiary/aromatic N) is 1. The van der Waals surface area contributed by atoms with E-state index >= 15 is 0 Å². The van der Waals surface area contributed by atoms with Gasteiger partial charge in [-0.05, 0) is 25.0 Å². The van der Waals surface area contributed by atoms with Crippen LogP contribution in [0.3, 0.4) is 0 Å². The van der Waals surface area contributed by atoms with Gasteiger partial charge in [-0.25, -0.2) is 4.98 Å². The lowest BCUT2D eigenvalue weighted by Gasteiger charge is -2.05. The number of hydrogen-bond acceptors (Lipinski definition) is 3. The van der Waals surface area contributed by atoms with Crippen LogP contribution in [0.2, 0.25) is 5.15 Å². The quantitative estimate of drug-likeness (QED) is 0.714. The number of nitrogens with two attached hydrogens (primary N) is 1. The fraction of sp³-hybridized carbons (Fsp3) is 0.375. The molecule has 0 aliphatic heterocycles. The zero-order valence-corrected chi connectivity index (χ0v) is 7.21. The molecular weight excluding hydrogens is 176 g/mol. The maximum atomic E-state index is 5.79. The molecule has 0 atom stereocenters. The molecule has 0 aromatic carbocycles. The van der Waals surface area contributed by atoms with Gasteiger partial charge in [-0.15, -0.1) is 0 Å². The zero-order valence-electron chi connectivity index (χ0n) is 6.46. The van der Waals surface area contributed by atoms with E-state index in [0.29, 0.717) is 22.8 Å². The van der Waals surface area contributed by atoms with Crippen molar-refractivity contribution in [3.63, 3.8) is 0 Å². The molecule has 0 bridgehead atoms. The van der Waals surface area contributed by atoms with Gasteiger partial charge in [0.05, 0.1) is 6.10 Å². The first-order valence-electron chi connectivity index (χ1n) is 3.84. The van der Waals surface area contributed by atoms with Crippen molar-refractivity contribution in [1.82, 2.24) is 4.98 Å². The molecule has 1 fully saturated rings. The minimum atomic E-state index is 0.341. The molecule has 1 aliphatic carbocycles. The lowest BCUT2D eigenvalue weighted by molar-refractivity contribution is 0.302. The lowest BCUT2D eigenvalue weighted by Crippen LogP contribution is -1.98. The Kier molecular flexibility index (Phi) is 1.81. The molecule has 0 radical (unpaired) electrons. The van der Waals surface area contributed by atoms with Crippen LogP contribution in [-0.2, 0) is 0 Å². The molecule has 1 heterocycles. The summed E-state index contributed by atoms with van der Waals surface area (Å²) >= 11 is 5.79. The van der Waals surface area contributed by atoms with E-state index in [1.54, 1.807) is 12.1 Å². The summed E-state index contributed by atoms with van der Waals surface area (Å²) in [5.74, 6) is 1.05. The smallest absolute Gasteiger partial charge is 0.173 e. The van der Waals surface area contributed by atoms with E-state index in [1.165, 1.54) is 0 Å². The van der Waals surface area contributed by atoms with Crippen LogP contribution in [0.1, 0.15) is 12.8 Å². The van der Waals surface area contributed by atoms with Crippen molar-refractivity contribution in [2.75, 3.05) is 5.73 Å². The zero-order chi connectivity index (χ0) is 8.55. The summed E-state index contributed by atoms with van der Waals surface area (Å²) in [7, 11) is 0. The molecule has 3 nitrogen and oxygen atoms in total. The van der Waals surface area contributed by atoms with Gasteiger partial charge in [-0.3, -0.25) is 0 Å². The van der Waals surface area contributed by atoms with Crippen LogP contribution >= 0.6 is 11.6 Å². The average Bonchev–Trinajstić information content (AvgIpc) is 2.79. The van der Waals surface area contributed by atoms with Gasteiger partial charge in [0.1, 0.15) is 5.82 Å². The highest BCUT2D eigenvalue weighted by atomic mass is 35.5. The number of pyridine rings is 1. The van der Waals surface area contributed by atoms with Gasteiger partial charge in [0.2, 0.25) is 0 Å². The number of nitrogen functional groups attached to an aromatic ring is 1. The first kappa shape index (κ1) is 7.68. The van der Waals surface area contributed by atoms with Gasteiger partial charge in [-0.2, -0.15) is 0 Å². The van der Waals surface area contributed by atoms with E-state index in [4.69, 9.17) is 22.1 Å². The predicted molar refractivity (Wildman–Crippen MR) is 47.3 cm³/mol. The summed E-state index contributed by atoms with van der Waals surface area (Å²) in [5.41, 5.74) is 5.42. The van der Waals surface area contributed by atoms with Crippen LogP contribution in [0.4, 0.5) is 5.82 Å². The molecule has 4 heteroatoms. The summed E-state index contributed by atoms with van der Waals surface area (Å²) in [6.07, 6.45) is 2.56. The van der Waals surface area contributed by atoms with Gasteiger partial charge in [0.25, 0.3) is 0 Å². The topological polar surface area (TPSA) is 48.1 Å². The van der Waals surface area contributed by atoms with Gasteiger partial charge in [-0.1, -0.05) is 11.6 Å². The van der Waals surface area contributed by atoms with E-state index in [9.17, 15) is 0 Å². The molecule has 0 unspecified atom stereocenters. The van der Waals surface area contributed by atoms with Gasteiger partial charge in [0, 0.05) is 0 Å². The fourth-order valence-corrected chi connectivity index (χ4v) is 1.09. The molecule has 1 aliphatic rings. The summed E-state index contributed by atoms with van der Waals surface area (Å²) in [4.78, 5) is 3.87. The fourth-order valence-electron chi connectivity index (χ4n) is 0.889. The first-order chi connectivity index (χ1) is 5.75. The number of halogens is 1. The summed E-state index contributed by atoms with van der Waals surface area (Å²) < 4.78 is 5.46. The third-order valence-corrected chi connectivity index (χ3v) is 1.92.